The van der Waals surface area contributed by atoms with Crippen LogP contribution in [0.1, 0.15) is 36.9 Å². The number of rotatable bonds is 5. The van der Waals surface area contributed by atoms with E-state index in [1.165, 1.54) is 12.1 Å². The van der Waals surface area contributed by atoms with Crippen LogP contribution in [0.4, 0.5) is 10.1 Å². The van der Waals surface area contributed by atoms with E-state index in [-0.39, 0.29) is 23.3 Å². The molecule has 1 aliphatic heterocycles. The summed E-state index contributed by atoms with van der Waals surface area (Å²) in [4.78, 5) is 25.8. The number of hydrogen-bond donors (Lipinski definition) is 1. The van der Waals surface area contributed by atoms with Gasteiger partial charge in [0, 0.05) is 23.7 Å². The largest absolute Gasteiger partial charge is 0.349 e. The molecular formula is C20H19Cl2FN2O2. The second-order valence-corrected chi connectivity index (χ2v) is 7.38. The first-order valence-corrected chi connectivity index (χ1v) is 9.44. The Bertz CT molecular complexity index is 871. The predicted molar refractivity (Wildman–Crippen MR) is 105 cm³/mol. The van der Waals surface area contributed by atoms with Crippen LogP contribution in [0, 0.1) is 5.82 Å². The number of nitrogens with zero attached hydrogens (tertiary/aromatic N) is 1. The summed E-state index contributed by atoms with van der Waals surface area (Å²) in [7, 11) is 0. The molecule has 3 rings (SSSR count). The summed E-state index contributed by atoms with van der Waals surface area (Å²) < 4.78 is 13.7. The van der Waals surface area contributed by atoms with Gasteiger partial charge in [-0.1, -0.05) is 35.3 Å². The third-order valence-electron chi connectivity index (χ3n) is 4.57. The average Bonchev–Trinajstić information content (AvgIpc) is 3.04. The van der Waals surface area contributed by atoms with E-state index in [1.807, 2.05) is 24.3 Å². The van der Waals surface area contributed by atoms with Crippen LogP contribution in [0.2, 0.25) is 10.0 Å². The fourth-order valence-corrected chi connectivity index (χ4v) is 3.69. The molecule has 1 atom stereocenters. The molecule has 1 N–H and O–H groups in total. The van der Waals surface area contributed by atoms with Crippen molar-refractivity contribution >= 4 is 40.7 Å². The molecule has 2 aromatic rings. The first-order valence-electron chi connectivity index (χ1n) is 8.68. The zero-order chi connectivity index (χ0) is 19.6. The Kier molecular flexibility index (Phi) is 6.02. The van der Waals surface area contributed by atoms with Crippen molar-refractivity contribution in [2.45, 2.75) is 32.2 Å². The summed E-state index contributed by atoms with van der Waals surface area (Å²) in [6.07, 6.45) is 1.62. The highest BCUT2D eigenvalue weighted by Gasteiger charge is 2.21. The summed E-state index contributed by atoms with van der Waals surface area (Å²) in [5, 5.41) is 3.05. The Balaban J connectivity index is 1.62. The third-order valence-corrected chi connectivity index (χ3v) is 5.19. The Labute approximate surface area is 167 Å². The van der Waals surface area contributed by atoms with Gasteiger partial charge in [0.05, 0.1) is 17.5 Å². The number of nitrogens with one attached hydrogen (secondary N) is 1. The molecule has 0 aromatic heterocycles. The minimum atomic E-state index is -0.579. The van der Waals surface area contributed by atoms with Gasteiger partial charge in [0.1, 0.15) is 5.82 Å². The fraction of sp³-hybridized carbons (Fsp3) is 0.300. The van der Waals surface area contributed by atoms with Crippen molar-refractivity contribution in [3.05, 3.63) is 63.4 Å². The molecule has 0 aliphatic carbocycles. The molecule has 0 bridgehead atoms. The maximum Gasteiger partial charge on any atom is 0.227 e. The van der Waals surface area contributed by atoms with E-state index in [0.717, 1.165) is 24.2 Å². The van der Waals surface area contributed by atoms with Crippen LogP contribution in [0.5, 0.6) is 0 Å². The molecule has 0 spiro atoms. The van der Waals surface area contributed by atoms with Crippen LogP contribution in [0.25, 0.3) is 0 Å². The quantitative estimate of drug-likeness (QED) is 0.730. The van der Waals surface area contributed by atoms with Crippen molar-refractivity contribution in [1.29, 1.82) is 0 Å². The van der Waals surface area contributed by atoms with Crippen LogP contribution >= 0.6 is 23.2 Å². The van der Waals surface area contributed by atoms with Gasteiger partial charge in [0.25, 0.3) is 0 Å². The Morgan fingerprint density at radius 3 is 2.56 bits per heavy atom. The van der Waals surface area contributed by atoms with Gasteiger partial charge in [0.15, 0.2) is 0 Å². The minimum Gasteiger partial charge on any atom is -0.349 e. The van der Waals surface area contributed by atoms with Crippen molar-refractivity contribution in [2.75, 3.05) is 11.4 Å². The van der Waals surface area contributed by atoms with E-state index in [1.54, 1.807) is 11.8 Å². The number of benzene rings is 2. The molecule has 142 valence electrons. The lowest BCUT2D eigenvalue weighted by Crippen LogP contribution is -2.28. The fourth-order valence-electron chi connectivity index (χ4n) is 3.14. The molecule has 7 heteroatoms. The zero-order valence-electron chi connectivity index (χ0n) is 14.8. The van der Waals surface area contributed by atoms with Crippen molar-refractivity contribution in [3.8, 4) is 0 Å². The summed E-state index contributed by atoms with van der Waals surface area (Å²) in [5.41, 5.74) is 2.14. The highest BCUT2D eigenvalue weighted by molar-refractivity contribution is 6.35. The molecule has 27 heavy (non-hydrogen) atoms. The normalized spacial score (nSPS) is 15.1. The van der Waals surface area contributed by atoms with Gasteiger partial charge in [-0.3, -0.25) is 9.59 Å². The summed E-state index contributed by atoms with van der Waals surface area (Å²) in [6.45, 7) is 2.46. The zero-order valence-corrected chi connectivity index (χ0v) is 16.3. The number of anilines is 1. The van der Waals surface area contributed by atoms with E-state index >= 15 is 0 Å². The molecule has 1 heterocycles. The second-order valence-electron chi connectivity index (χ2n) is 6.57. The smallest absolute Gasteiger partial charge is 0.227 e. The minimum absolute atomic E-state index is 0.0566. The molecule has 2 aromatic carbocycles. The molecule has 0 unspecified atom stereocenters. The van der Waals surface area contributed by atoms with Gasteiger partial charge < -0.3 is 10.2 Å². The van der Waals surface area contributed by atoms with Crippen molar-refractivity contribution in [3.63, 3.8) is 0 Å². The van der Waals surface area contributed by atoms with Gasteiger partial charge in [-0.05, 0) is 48.7 Å². The molecule has 4 nitrogen and oxygen atoms in total. The monoisotopic (exact) mass is 408 g/mol. The van der Waals surface area contributed by atoms with Crippen LogP contribution in [-0.4, -0.2) is 18.4 Å². The number of carbonyl (C=O) groups excluding carboxylic acids is 2. The van der Waals surface area contributed by atoms with E-state index in [0.29, 0.717) is 17.0 Å². The molecule has 0 radical (unpaired) electrons. The Hall–Kier alpha value is -2.11. The van der Waals surface area contributed by atoms with E-state index in [2.05, 4.69) is 5.32 Å². The van der Waals surface area contributed by atoms with Gasteiger partial charge in [-0.25, -0.2) is 4.39 Å². The third kappa shape index (κ3) is 4.60. The predicted octanol–water partition coefficient (Wildman–Crippen LogP) is 4.68. The maximum absolute atomic E-state index is 13.7. The van der Waals surface area contributed by atoms with Crippen LogP contribution in [0.15, 0.2) is 36.4 Å². The van der Waals surface area contributed by atoms with E-state index in [9.17, 15) is 14.0 Å². The van der Waals surface area contributed by atoms with Gasteiger partial charge >= 0.3 is 0 Å². The van der Waals surface area contributed by atoms with E-state index in [4.69, 9.17) is 23.2 Å². The molecule has 1 fully saturated rings. The standard InChI is InChI=1S/C20H19Cl2FN2O2/c1-12(15-10-18(23)17(22)11-16(15)21)24-19(26)9-13-4-6-14(7-5-13)25-8-2-3-20(25)27/h4-7,10-12H,2-3,8-9H2,1H3,(H,24,26)/t12-/m1/s1. The lowest BCUT2D eigenvalue weighted by molar-refractivity contribution is -0.121. The molecule has 1 saturated heterocycles. The second kappa shape index (κ2) is 8.28. The number of carbonyl (C=O) groups is 2. The van der Waals surface area contributed by atoms with Crippen molar-refractivity contribution in [2.24, 2.45) is 0 Å². The first kappa shape index (κ1) is 19.6. The lowest BCUT2D eigenvalue weighted by Gasteiger charge is -2.17. The van der Waals surface area contributed by atoms with E-state index < -0.39 is 11.9 Å². The summed E-state index contributed by atoms with van der Waals surface area (Å²) in [6, 6.07) is 9.46. The number of hydrogen-bond acceptors (Lipinski definition) is 2. The van der Waals surface area contributed by atoms with Crippen LogP contribution in [-0.2, 0) is 16.0 Å². The molecule has 1 aliphatic rings. The maximum atomic E-state index is 13.7. The molecular weight excluding hydrogens is 390 g/mol. The average molecular weight is 409 g/mol. The lowest BCUT2D eigenvalue weighted by atomic mass is 10.1. The van der Waals surface area contributed by atoms with Crippen LogP contribution < -0.4 is 10.2 Å². The molecule has 2 amide bonds. The van der Waals surface area contributed by atoms with Crippen LogP contribution in [0.3, 0.4) is 0 Å². The first-order chi connectivity index (χ1) is 12.8. The Morgan fingerprint density at radius 1 is 1.22 bits per heavy atom. The highest BCUT2D eigenvalue weighted by Crippen LogP contribution is 2.28. The Morgan fingerprint density at radius 2 is 1.93 bits per heavy atom. The number of halogens is 3. The highest BCUT2D eigenvalue weighted by atomic mass is 35.5. The van der Waals surface area contributed by atoms with Gasteiger partial charge in [-0.15, -0.1) is 0 Å². The number of amides is 2. The SMILES string of the molecule is C[C@@H](NC(=O)Cc1ccc(N2CCCC2=O)cc1)c1cc(F)c(Cl)cc1Cl. The molecule has 0 saturated carbocycles. The topological polar surface area (TPSA) is 49.4 Å². The van der Waals surface area contributed by atoms with Gasteiger partial charge in [-0.2, -0.15) is 0 Å². The van der Waals surface area contributed by atoms with Crippen molar-refractivity contribution < 1.29 is 14.0 Å². The van der Waals surface area contributed by atoms with Gasteiger partial charge in [0.2, 0.25) is 11.8 Å². The summed E-state index contributed by atoms with van der Waals surface area (Å²) in [5.74, 6) is -0.662. The van der Waals surface area contributed by atoms with Crippen molar-refractivity contribution in [1.82, 2.24) is 5.32 Å². The summed E-state index contributed by atoms with van der Waals surface area (Å²) >= 11 is 11.8.